The Balaban J connectivity index is 1.62. The molecule has 5 heteroatoms. The Hall–Kier alpha value is -2.49. The van der Waals surface area contributed by atoms with Gasteiger partial charge in [0.2, 0.25) is 5.95 Å². The van der Waals surface area contributed by atoms with Crippen LogP contribution in [0.25, 0.3) is 11.0 Å². The molecule has 4 aromatic rings. The van der Waals surface area contributed by atoms with Crippen LogP contribution in [0.1, 0.15) is 55.0 Å². The zero-order valence-electron chi connectivity index (χ0n) is 16.9. The van der Waals surface area contributed by atoms with E-state index in [-0.39, 0.29) is 12.1 Å². The van der Waals surface area contributed by atoms with E-state index in [0.29, 0.717) is 16.0 Å². The minimum atomic E-state index is 0.0962. The van der Waals surface area contributed by atoms with E-state index in [2.05, 4.69) is 66.2 Å². The summed E-state index contributed by atoms with van der Waals surface area (Å²) in [6.45, 7) is 4.45. The van der Waals surface area contributed by atoms with Crippen molar-refractivity contribution in [1.29, 1.82) is 0 Å². The van der Waals surface area contributed by atoms with Gasteiger partial charge in [-0.2, -0.15) is 0 Å². The van der Waals surface area contributed by atoms with Crippen LogP contribution in [0.4, 0.5) is 5.95 Å². The van der Waals surface area contributed by atoms with Crippen molar-refractivity contribution in [2.75, 3.05) is 5.32 Å². The normalized spacial score (nSPS) is 18.4. The zero-order chi connectivity index (χ0) is 20.8. The van der Waals surface area contributed by atoms with Crippen molar-refractivity contribution in [3.05, 3.63) is 93.5 Å². The number of fused-ring (bicyclic) bond motifs is 3. The van der Waals surface area contributed by atoms with Gasteiger partial charge in [-0.1, -0.05) is 79.5 Å². The van der Waals surface area contributed by atoms with E-state index >= 15 is 0 Å². The summed E-state index contributed by atoms with van der Waals surface area (Å²) in [7, 11) is 0. The molecule has 0 unspecified atom stereocenters. The number of hydrogen-bond donors (Lipinski definition) is 1. The van der Waals surface area contributed by atoms with E-state index in [4.69, 9.17) is 28.2 Å². The molecule has 152 valence electrons. The van der Waals surface area contributed by atoms with Crippen LogP contribution in [0, 0.1) is 0 Å². The number of halogens is 2. The fourth-order valence-electron chi connectivity index (χ4n) is 4.34. The van der Waals surface area contributed by atoms with Crippen molar-refractivity contribution < 1.29 is 0 Å². The average molecular weight is 436 g/mol. The fourth-order valence-corrected chi connectivity index (χ4v) is 4.65. The smallest absolute Gasteiger partial charge is 0.204 e. The molecule has 3 aromatic carbocycles. The van der Waals surface area contributed by atoms with Crippen molar-refractivity contribution >= 4 is 40.2 Å². The fraction of sp³-hybridized carbons (Fsp3) is 0.240. The third kappa shape index (κ3) is 3.36. The molecule has 1 aliphatic rings. The highest BCUT2D eigenvalue weighted by Crippen LogP contribution is 2.42. The highest BCUT2D eigenvalue weighted by molar-refractivity contribution is 6.42. The second-order valence-corrected chi connectivity index (χ2v) is 9.05. The Morgan fingerprint density at radius 2 is 1.67 bits per heavy atom. The Kier molecular flexibility index (Phi) is 4.96. The number of anilines is 1. The number of aromatic nitrogens is 2. The summed E-state index contributed by atoms with van der Waals surface area (Å²) in [5.41, 5.74) is 5.90. The second kappa shape index (κ2) is 7.64. The number of benzene rings is 3. The van der Waals surface area contributed by atoms with Crippen molar-refractivity contribution in [2.24, 2.45) is 0 Å². The first-order valence-electron chi connectivity index (χ1n) is 10.3. The molecule has 3 nitrogen and oxygen atoms in total. The first-order chi connectivity index (χ1) is 14.5. The summed E-state index contributed by atoms with van der Waals surface area (Å²) in [5, 5.41) is 4.78. The molecule has 1 N–H and O–H groups in total. The summed E-state index contributed by atoms with van der Waals surface area (Å²) in [6.07, 6.45) is 0.895. The molecule has 0 bridgehead atoms. The molecule has 0 saturated heterocycles. The van der Waals surface area contributed by atoms with Gasteiger partial charge in [0, 0.05) is 0 Å². The summed E-state index contributed by atoms with van der Waals surface area (Å²) in [5.74, 6) is 1.40. The Bertz CT molecular complexity index is 1210. The lowest BCUT2D eigenvalue weighted by atomic mass is 9.91. The SMILES string of the molecule is CC(C)c1ccc([C@@H]2C[C@H](c3ccc(Cl)c(Cl)c3)Nc3nc4ccccc4n32)cc1. The quantitative estimate of drug-likeness (QED) is 0.358. The lowest BCUT2D eigenvalue weighted by Crippen LogP contribution is -2.27. The van der Waals surface area contributed by atoms with Gasteiger partial charge in [0.15, 0.2) is 0 Å². The van der Waals surface area contributed by atoms with Crippen molar-refractivity contribution in [1.82, 2.24) is 9.55 Å². The van der Waals surface area contributed by atoms with Crippen LogP contribution in [0.2, 0.25) is 10.0 Å². The average Bonchev–Trinajstić information content (AvgIpc) is 3.13. The molecule has 30 heavy (non-hydrogen) atoms. The molecule has 0 spiro atoms. The molecule has 0 fully saturated rings. The number of rotatable bonds is 3. The van der Waals surface area contributed by atoms with Gasteiger partial charge >= 0.3 is 0 Å². The maximum Gasteiger partial charge on any atom is 0.204 e. The van der Waals surface area contributed by atoms with Gasteiger partial charge < -0.3 is 9.88 Å². The standard InChI is InChI=1S/C25H23Cl2N3/c1-15(2)16-7-9-17(10-8-16)24-14-22(18-11-12-19(26)20(27)13-18)29-25-28-21-5-3-4-6-23(21)30(24)25/h3-13,15,22,24H,14H2,1-2H3,(H,28,29)/t22-,24+/m1/s1. The number of para-hydroxylation sites is 2. The lowest BCUT2D eigenvalue weighted by Gasteiger charge is -2.34. The number of imidazole rings is 1. The van der Waals surface area contributed by atoms with Gasteiger partial charge in [-0.05, 0) is 53.3 Å². The van der Waals surface area contributed by atoms with E-state index in [1.807, 2.05) is 24.3 Å². The van der Waals surface area contributed by atoms with Crippen LogP contribution in [0.3, 0.4) is 0 Å². The van der Waals surface area contributed by atoms with E-state index in [9.17, 15) is 0 Å². The number of nitrogens with one attached hydrogen (secondary N) is 1. The Labute approximate surface area is 186 Å². The molecular weight excluding hydrogens is 413 g/mol. The third-order valence-corrected chi connectivity index (χ3v) is 6.74. The first-order valence-corrected chi connectivity index (χ1v) is 11.0. The molecule has 0 saturated carbocycles. The minimum absolute atomic E-state index is 0.0962. The predicted molar refractivity (Wildman–Crippen MR) is 126 cm³/mol. The molecular formula is C25H23Cl2N3. The van der Waals surface area contributed by atoms with Gasteiger partial charge in [0.25, 0.3) is 0 Å². The van der Waals surface area contributed by atoms with Crippen LogP contribution in [0.15, 0.2) is 66.7 Å². The van der Waals surface area contributed by atoms with E-state index in [1.54, 1.807) is 0 Å². The van der Waals surface area contributed by atoms with Crippen LogP contribution in [0.5, 0.6) is 0 Å². The third-order valence-electron chi connectivity index (χ3n) is 6.00. The zero-order valence-corrected chi connectivity index (χ0v) is 18.5. The Morgan fingerprint density at radius 1 is 0.933 bits per heavy atom. The van der Waals surface area contributed by atoms with Crippen molar-refractivity contribution in [3.63, 3.8) is 0 Å². The van der Waals surface area contributed by atoms with Crippen molar-refractivity contribution in [2.45, 2.75) is 38.3 Å². The van der Waals surface area contributed by atoms with E-state index < -0.39 is 0 Å². The van der Waals surface area contributed by atoms with Crippen LogP contribution in [-0.4, -0.2) is 9.55 Å². The van der Waals surface area contributed by atoms with Gasteiger partial charge in [0.1, 0.15) is 0 Å². The summed E-state index contributed by atoms with van der Waals surface area (Å²) < 4.78 is 2.33. The largest absolute Gasteiger partial charge is 0.349 e. The molecule has 0 radical (unpaired) electrons. The predicted octanol–water partition coefficient (Wildman–Crippen LogP) is 7.61. The van der Waals surface area contributed by atoms with Gasteiger partial charge in [-0.15, -0.1) is 0 Å². The molecule has 0 aliphatic carbocycles. The van der Waals surface area contributed by atoms with Crippen LogP contribution >= 0.6 is 23.2 Å². The lowest BCUT2D eigenvalue weighted by molar-refractivity contribution is 0.477. The highest BCUT2D eigenvalue weighted by atomic mass is 35.5. The summed E-state index contributed by atoms with van der Waals surface area (Å²) >= 11 is 12.5. The molecule has 1 aromatic heterocycles. The maximum atomic E-state index is 6.32. The second-order valence-electron chi connectivity index (χ2n) is 8.24. The Morgan fingerprint density at radius 3 is 2.40 bits per heavy atom. The van der Waals surface area contributed by atoms with Gasteiger partial charge in [0.05, 0.1) is 33.2 Å². The molecule has 5 rings (SSSR count). The van der Waals surface area contributed by atoms with Crippen LogP contribution in [-0.2, 0) is 0 Å². The van der Waals surface area contributed by atoms with Gasteiger partial charge in [-0.25, -0.2) is 4.98 Å². The van der Waals surface area contributed by atoms with E-state index in [1.165, 1.54) is 11.1 Å². The first kappa shape index (κ1) is 19.5. The number of nitrogens with zero attached hydrogens (tertiary/aromatic N) is 2. The molecule has 0 amide bonds. The molecule has 1 aliphatic heterocycles. The van der Waals surface area contributed by atoms with Crippen molar-refractivity contribution in [3.8, 4) is 0 Å². The minimum Gasteiger partial charge on any atom is -0.349 e. The summed E-state index contributed by atoms with van der Waals surface area (Å²) in [4.78, 5) is 4.88. The van der Waals surface area contributed by atoms with Gasteiger partial charge in [-0.3, -0.25) is 0 Å². The highest BCUT2D eigenvalue weighted by Gasteiger charge is 2.31. The topological polar surface area (TPSA) is 29.9 Å². The van der Waals surface area contributed by atoms with E-state index in [0.717, 1.165) is 29.0 Å². The summed E-state index contributed by atoms with van der Waals surface area (Å²) in [6, 6.07) is 23.5. The molecule has 2 heterocycles. The van der Waals surface area contributed by atoms with Crippen LogP contribution < -0.4 is 5.32 Å². The maximum absolute atomic E-state index is 6.32. The molecule has 2 atom stereocenters. The number of hydrogen-bond acceptors (Lipinski definition) is 2. The monoisotopic (exact) mass is 435 g/mol.